The summed E-state index contributed by atoms with van der Waals surface area (Å²) < 4.78 is 5.65. The molecule has 3 N–H and O–H groups in total. The van der Waals surface area contributed by atoms with Crippen molar-refractivity contribution < 1.29 is 19.4 Å². The van der Waals surface area contributed by atoms with E-state index in [1.807, 2.05) is 32.0 Å². The van der Waals surface area contributed by atoms with Crippen LogP contribution < -0.4 is 15.4 Å². The molecule has 0 fully saturated rings. The Hall–Kier alpha value is -2.24. The number of carbonyl (C=O) groups excluding carboxylic acids is 1. The molecule has 0 aliphatic rings. The number of ether oxygens (including phenoxy) is 1. The second kappa shape index (κ2) is 8.84. The van der Waals surface area contributed by atoms with Gasteiger partial charge in [-0.05, 0) is 31.4 Å². The third kappa shape index (κ3) is 6.65. The summed E-state index contributed by atoms with van der Waals surface area (Å²) in [6.07, 6.45) is 0.470. The number of carboxylic acid groups (broad SMARTS) is 1. The van der Waals surface area contributed by atoms with Crippen molar-refractivity contribution in [3.63, 3.8) is 0 Å². The van der Waals surface area contributed by atoms with Gasteiger partial charge in [0.15, 0.2) is 0 Å². The highest BCUT2D eigenvalue weighted by Gasteiger charge is 2.04. The number of benzene rings is 1. The lowest BCUT2D eigenvalue weighted by Crippen LogP contribution is -2.38. The molecular formula is C15H22N2O4. The minimum absolute atomic E-state index is 0.0515. The Morgan fingerprint density at radius 3 is 2.38 bits per heavy atom. The van der Waals surface area contributed by atoms with E-state index in [1.54, 1.807) is 0 Å². The van der Waals surface area contributed by atoms with Crippen molar-refractivity contribution >= 4 is 12.0 Å². The zero-order valence-electron chi connectivity index (χ0n) is 12.4. The van der Waals surface area contributed by atoms with Crippen LogP contribution in [0.3, 0.4) is 0 Å². The maximum Gasteiger partial charge on any atom is 0.314 e. The van der Waals surface area contributed by atoms with Gasteiger partial charge in [-0.3, -0.25) is 4.79 Å². The molecule has 0 saturated heterocycles. The zero-order valence-corrected chi connectivity index (χ0v) is 12.4. The first kappa shape index (κ1) is 16.8. The molecule has 0 aromatic heterocycles. The van der Waals surface area contributed by atoms with E-state index in [4.69, 9.17) is 9.84 Å². The second-order valence-electron chi connectivity index (χ2n) is 4.75. The average Bonchev–Trinajstić information content (AvgIpc) is 2.42. The van der Waals surface area contributed by atoms with E-state index in [1.165, 1.54) is 0 Å². The van der Waals surface area contributed by atoms with Crippen LogP contribution in [0.15, 0.2) is 18.2 Å². The van der Waals surface area contributed by atoms with Crippen LogP contribution in [0.25, 0.3) is 0 Å². The molecule has 21 heavy (non-hydrogen) atoms. The van der Waals surface area contributed by atoms with Crippen molar-refractivity contribution in [3.05, 3.63) is 29.3 Å². The summed E-state index contributed by atoms with van der Waals surface area (Å²) in [4.78, 5) is 21.7. The fourth-order valence-electron chi connectivity index (χ4n) is 1.85. The van der Waals surface area contributed by atoms with Gasteiger partial charge in [-0.2, -0.15) is 0 Å². The van der Waals surface area contributed by atoms with Crippen LogP contribution >= 0.6 is 0 Å². The number of carbonyl (C=O) groups is 2. The summed E-state index contributed by atoms with van der Waals surface area (Å²) in [5, 5.41) is 13.7. The van der Waals surface area contributed by atoms with E-state index in [2.05, 4.69) is 10.6 Å². The Morgan fingerprint density at radius 1 is 1.14 bits per heavy atom. The minimum atomic E-state index is -0.862. The third-order valence-corrected chi connectivity index (χ3v) is 2.90. The van der Waals surface area contributed by atoms with Crippen LogP contribution in [-0.4, -0.2) is 36.8 Å². The third-order valence-electron chi connectivity index (χ3n) is 2.90. The van der Waals surface area contributed by atoms with Crippen molar-refractivity contribution in [2.45, 2.75) is 26.7 Å². The molecule has 0 spiro atoms. The summed E-state index contributed by atoms with van der Waals surface area (Å²) in [5.41, 5.74) is 2.13. The molecule has 0 saturated carbocycles. The summed E-state index contributed by atoms with van der Waals surface area (Å²) >= 11 is 0. The maximum atomic E-state index is 11.4. The average molecular weight is 294 g/mol. The van der Waals surface area contributed by atoms with Crippen molar-refractivity contribution in [3.8, 4) is 5.75 Å². The Balaban J connectivity index is 2.16. The fraction of sp³-hybridized carbons (Fsp3) is 0.467. The molecule has 0 bridgehead atoms. The number of hydrogen-bond acceptors (Lipinski definition) is 3. The van der Waals surface area contributed by atoms with Crippen LogP contribution in [0, 0.1) is 13.8 Å². The molecule has 0 atom stereocenters. The van der Waals surface area contributed by atoms with Crippen LogP contribution in [0.1, 0.15) is 24.0 Å². The van der Waals surface area contributed by atoms with Gasteiger partial charge in [-0.1, -0.05) is 18.2 Å². The van der Waals surface area contributed by atoms with Crippen LogP contribution in [0.5, 0.6) is 5.75 Å². The van der Waals surface area contributed by atoms with Gasteiger partial charge in [-0.15, -0.1) is 0 Å². The summed E-state index contributed by atoms with van der Waals surface area (Å²) in [5.74, 6) is -0.0135. The number of rotatable bonds is 8. The number of aliphatic carboxylic acids is 1. The molecule has 6 heteroatoms. The molecule has 6 nitrogen and oxygen atoms in total. The fourth-order valence-corrected chi connectivity index (χ4v) is 1.85. The molecule has 0 unspecified atom stereocenters. The van der Waals surface area contributed by atoms with Gasteiger partial charge in [-0.25, -0.2) is 4.79 Å². The van der Waals surface area contributed by atoms with E-state index < -0.39 is 5.97 Å². The first-order chi connectivity index (χ1) is 10.0. The predicted molar refractivity (Wildman–Crippen MR) is 79.7 cm³/mol. The summed E-state index contributed by atoms with van der Waals surface area (Å²) in [6.45, 7) is 5.07. The minimum Gasteiger partial charge on any atom is -0.491 e. The molecule has 1 rings (SSSR count). The van der Waals surface area contributed by atoms with Crippen molar-refractivity contribution in [2.75, 3.05) is 19.7 Å². The quantitative estimate of drug-likeness (QED) is 0.638. The number of para-hydroxylation sites is 1. The van der Waals surface area contributed by atoms with E-state index in [-0.39, 0.29) is 12.5 Å². The zero-order chi connectivity index (χ0) is 15.7. The van der Waals surface area contributed by atoms with Crippen molar-refractivity contribution in [1.29, 1.82) is 0 Å². The van der Waals surface area contributed by atoms with Crippen LogP contribution in [-0.2, 0) is 4.79 Å². The Kier molecular flexibility index (Phi) is 7.08. The monoisotopic (exact) mass is 294 g/mol. The first-order valence-corrected chi connectivity index (χ1v) is 6.93. The second-order valence-corrected chi connectivity index (χ2v) is 4.75. The van der Waals surface area contributed by atoms with Gasteiger partial charge in [0.1, 0.15) is 12.4 Å². The molecule has 2 amide bonds. The van der Waals surface area contributed by atoms with Gasteiger partial charge in [0.05, 0.1) is 6.54 Å². The molecule has 1 aromatic carbocycles. The van der Waals surface area contributed by atoms with E-state index in [0.717, 1.165) is 16.9 Å². The van der Waals surface area contributed by atoms with Crippen LogP contribution in [0.4, 0.5) is 4.79 Å². The van der Waals surface area contributed by atoms with Gasteiger partial charge in [0.25, 0.3) is 0 Å². The lowest BCUT2D eigenvalue weighted by Gasteiger charge is -2.12. The Bertz CT molecular complexity index is 468. The molecule has 0 aliphatic heterocycles. The van der Waals surface area contributed by atoms with Crippen molar-refractivity contribution in [1.82, 2.24) is 10.6 Å². The molecule has 1 aromatic rings. The molecule has 0 heterocycles. The molecule has 0 radical (unpaired) electrons. The SMILES string of the molecule is Cc1cccc(C)c1OCCNC(=O)NCCCC(=O)O. The Labute approximate surface area is 124 Å². The Morgan fingerprint density at radius 2 is 1.76 bits per heavy atom. The van der Waals surface area contributed by atoms with E-state index >= 15 is 0 Å². The van der Waals surface area contributed by atoms with Crippen molar-refractivity contribution in [2.24, 2.45) is 0 Å². The van der Waals surface area contributed by atoms with Crippen LogP contribution in [0.2, 0.25) is 0 Å². The van der Waals surface area contributed by atoms with E-state index in [9.17, 15) is 9.59 Å². The molecule has 116 valence electrons. The summed E-state index contributed by atoms with van der Waals surface area (Å²) in [7, 11) is 0. The number of hydrogen-bond donors (Lipinski definition) is 3. The predicted octanol–water partition coefficient (Wildman–Crippen LogP) is 1.85. The topological polar surface area (TPSA) is 87.7 Å². The number of nitrogens with one attached hydrogen (secondary N) is 2. The maximum absolute atomic E-state index is 11.4. The van der Waals surface area contributed by atoms with Gasteiger partial charge >= 0.3 is 12.0 Å². The number of carboxylic acids is 1. The highest BCUT2D eigenvalue weighted by Crippen LogP contribution is 2.21. The molecule has 0 aliphatic carbocycles. The van der Waals surface area contributed by atoms with Gasteiger partial charge < -0.3 is 20.5 Å². The highest BCUT2D eigenvalue weighted by atomic mass is 16.5. The number of amides is 2. The lowest BCUT2D eigenvalue weighted by molar-refractivity contribution is -0.137. The largest absolute Gasteiger partial charge is 0.491 e. The van der Waals surface area contributed by atoms with Gasteiger partial charge in [0.2, 0.25) is 0 Å². The van der Waals surface area contributed by atoms with E-state index in [0.29, 0.717) is 26.1 Å². The highest BCUT2D eigenvalue weighted by molar-refractivity contribution is 5.73. The van der Waals surface area contributed by atoms with Gasteiger partial charge in [0, 0.05) is 13.0 Å². The summed E-state index contributed by atoms with van der Waals surface area (Å²) in [6, 6.07) is 5.61. The first-order valence-electron chi connectivity index (χ1n) is 6.93. The lowest BCUT2D eigenvalue weighted by atomic mass is 10.1. The normalized spacial score (nSPS) is 10.0. The number of urea groups is 1. The smallest absolute Gasteiger partial charge is 0.314 e. The standard InChI is InChI=1S/C15H22N2O4/c1-11-5-3-6-12(2)14(11)21-10-9-17-15(20)16-8-4-7-13(18)19/h3,5-6H,4,7-10H2,1-2H3,(H,18,19)(H2,16,17,20). The molecular weight excluding hydrogens is 272 g/mol. The number of aryl methyl sites for hydroxylation is 2.